The molecule has 6 heteroatoms. The Kier molecular flexibility index (Phi) is 6.29. The third-order valence-electron chi connectivity index (χ3n) is 4.54. The van der Waals surface area contributed by atoms with E-state index in [9.17, 15) is 0 Å². The van der Waals surface area contributed by atoms with E-state index in [0.29, 0.717) is 6.04 Å². The van der Waals surface area contributed by atoms with E-state index in [1.54, 1.807) is 7.11 Å². The summed E-state index contributed by atoms with van der Waals surface area (Å²) in [4.78, 5) is 4.71. The number of morpholine rings is 1. The molecule has 5 nitrogen and oxygen atoms in total. The standard InChI is InChI=1S/C18H27N3O2S/c1-22-17-5-3-2-4-15(17)14-21(18(24)19-16-6-7-16)9-8-20-10-12-23-13-11-20/h2-5,16H,6-14H2,1H3,(H,19,24). The fourth-order valence-electron chi connectivity index (χ4n) is 2.87. The Morgan fingerprint density at radius 1 is 1.33 bits per heavy atom. The Labute approximate surface area is 149 Å². The van der Waals surface area contributed by atoms with Crippen LogP contribution < -0.4 is 10.1 Å². The highest BCUT2D eigenvalue weighted by atomic mass is 32.1. The SMILES string of the molecule is COc1ccccc1CN(CCN1CCOCC1)C(=S)NC1CC1. The first-order valence-electron chi connectivity index (χ1n) is 8.73. The highest BCUT2D eigenvalue weighted by molar-refractivity contribution is 7.80. The molecule has 132 valence electrons. The second-order valence-corrected chi connectivity index (χ2v) is 6.80. The molecular weight excluding hydrogens is 322 g/mol. The number of thiocarbonyl (C=S) groups is 1. The molecule has 24 heavy (non-hydrogen) atoms. The van der Waals surface area contributed by atoms with E-state index in [0.717, 1.165) is 56.8 Å². The van der Waals surface area contributed by atoms with Crippen LogP contribution in [0.4, 0.5) is 0 Å². The number of rotatable bonds is 7. The molecule has 2 aliphatic rings. The van der Waals surface area contributed by atoms with Crippen LogP contribution in [0.25, 0.3) is 0 Å². The van der Waals surface area contributed by atoms with E-state index < -0.39 is 0 Å². The van der Waals surface area contributed by atoms with Gasteiger partial charge < -0.3 is 19.7 Å². The maximum Gasteiger partial charge on any atom is 0.169 e. The highest BCUT2D eigenvalue weighted by Crippen LogP contribution is 2.22. The lowest BCUT2D eigenvalue weighted by molar-refractivity contribution is 0.0357. The minimum Gasteiger partial charge on any atom is -0.496 e. The molecule has 0 bridgehead atoms. The molecule has 0 spiro atoms. The first-order chi connectivity index (χ1) is 11.8. The van der Waals surface area contributed by atoms with Gasteiger partial charge in [-0.05, 0) is 31.1 Å². The molecule has 1 saturated heterocycles. The summed E-state index contributed by atoms with van der Waals surface area (Å²) in [6.45, 7) is 6.36. The molecule has 2 fully saturated rings. The van der Waals surface area contributed by atoms with E-state index in [4.69, 9.17) is 21.7 Å². The summed E-state index contributed by atoms with van der Waals surface area (Å²) in [6, 6.07) is 8.74. The molecule has 1 aromatic rings. The van der Waals surface area contributed by atoms with E-state index in [1.165, 1.54) is 18.4 Å². The number of hydrogen-bond donors (Lipinski definition) is 1. The van der Waals surface area contributed by atoms with Gasteiger partial charge in [-0.3, -0.25) is 4.90 Å². The van der Waals surface area contributed by atoms with E-state index in [2.05, 4.69) is 27.2 Å². The molecule has 1 aliphatic carbocycles. The van der Waals surface area contributed by atoms with Crippen LogP contribution in [0.2, 0.25) is 0 Å². The van der Waals surface area contributed by atoms with Crippen molar-refractivity contribution in [2.75, 3.05) is 46.5 Å². The summed E-state index contributed by atoms with van der Waals surface area (Å²) >= 11 is 5.67. The molecule has 0 amide bonds. The monoisotopic (exact) mass is 349 g/mol. The molecule has 1 N–H and O–H groups in total. The van der Waals surface area contributed by atoms with Crippen molar-refractivity contribution in [2.24, 2.45) is 0 Å². The topological polar surface area (TPSA) is 37.0 Å². The first-order valence-corrected chi connectivity index (χ1v) is 9.14. The van der Waals surface area contributed by atoms with Gasteiger partial charge in [-0.2, -0.15) is 0 Å². The highest BCUT2D eigenvalue weighted by Gasteiger charge is 2.24. The minimum absolute atomic E-state index is 0.570. The number of nitrogens with one attached hydrogen (secondary N) is 1. The van der Waals surface area contributed by atoms with Crippen molar-refractivity contribution in [3.8, 4) is 5.75 Å². The molecule has 1 saturated carbocycles. The zero-order chi connectivity index (χ0) is 16.8. The molecular formula is C18H27N3O2S. The van der Waals surface area contributed by atoms with Gasteiger partial charge in [-0.1, -0.05) is 18.2 Å². The Morgan fingerprint density at radius 3 is 2.79 bits per heavy atom. The summed E-state index contributed by atoms with van der Waals surface area (Å²) in [5.74, 6) is 0.920. The Morgan fingerprint density at radius 2 is 2.08 bits per heavy atom. The summed E-state index contributed by atoms with van der Waals surface area (Å²) in [7, 11) is 1.72. The lowest BCUT2D eigenvalue weighted by Gasteiger charge is -2.31. The minimum atomic E-state index is 0.570. The summed E-state index contributed by atoms with van der Waals surface area (Å²) < 4.78 is 10.9. The van der Waals surface area contributed by atoms with Gasteiger partial charge in [0.1, 0.15) is 5.75 Å². The zero-order valence-electron chi connectivity index (χ0n) is 14.4. The zero-order valence-corrected chi connectivity index (χ0v) is 15.2. The van der Waals surface area contributed by atoms with Gasteiger partial charge >= 0.3 is 0 Å². The number of ether oxygens (including phenoxy) is 2. The second-order valence-electron chi connectivity index (χ2n) is 6.41. The average Bonchev–Trinajstić information content (AvgIpc) is 3.43. The Balaban J connectivity index is 1.62. The van der Waals surface area contributed by atoms with Gasteiger partial charge in [0.05, 0.1) is 20.3 Å². The molecule has 0 aromatic heterocycles. The predicted molar refractivity (Wildman–Crippen MR) is 99.4 cm³/mol. The van der Waals surface area contributed by atoms with Crippen molar-refractivity contribution in [3.05, 3.63) is 29.8 Å². The summed E-state index contributed by atoms with van der Waals surface area (Å²) in [5, 5.41) is 4.33. The molecule has 1 aromatic carbocycles. The predicted octanol–water partition coefficient (Wildman–Crippen LogP) is 1.87. The fourth-order valence-corrected chi connectivity index (χ4v) is 3.19. The van der Waals surface area contributed by atoms with E-state index in [1.807, 2.05) is 12.1 Å². The van der Waals surface area contributed by atoms with Crippen LogP contribution in [0.5, 0.6) is 5.75 Å². The molecule has 0 radical (unpaired) electrons. The molecule has 0 unspecified atom stereocenters. The summed E-state index contributed by atoms with van der Waals surface area (Å²) in [5.41, 5.74) is 1.17. The van der Waals surface area contributed by atoms with Crippen LogP contribution in [-0.2, 0) is 11.3 Å². The van der Waals surface area contributed by atoms with Crippen molar-refractivity contribution in [1.82, 2.24) is 15.1 Å². The summed E-state index contributed by atoms with van der Waals surface area (Å²) in [6.07, 6.45) is 2.46. The maximum absolute atomic E-state index is 5.67. The lowest BCUT2D eigenvalue weighted by Crippen LogP contribution is -2.46. The van der Waals surface area contributed by atoms with Crippen LogP contribution in [0, 0.1) is 0 Å². The smallest absolute Gasteiger partial charge is 0.169 e. The van der Waals surface area contributed by atoms with Crippen LogP contribution in [-0.4, -0.2) is 67.5 Å². The third-order valence-corrected chi connectivity index (χ3v) is 4.91. The van der Waals surface area contributed by atoms with Gasteiger partial charge in [-0.15, -0.1) is 0 Å². The van der Waals surface area contributed by atoms with Crippen molar-refractivity contribution >= 4 is 17.3 Å². The Bertz CT molecular complexity index is 545. The van der Waals surface area contributed by atoms with Gasteiger partial charge in [0.2, 0.25) is 0 Å². The lowest BCUT2D eigenvalue weighted by atomic mass is 10.2. The number of nitrogens with zero attached hydrogens (tertiary/aromatic N) is 2. The van der Waals surface area contributed by atoms with Gasteiger partial charge in [-0.25, -0.2) is 0 Å². The maximum atomic E-state index is 5.67. The van der Waals surface area contributed by atoms with Crippen LogP contribution >= 0.6 is 12.2 Å². The quantitative estimate of drug-likeness (QED) is 0.758. The normalized spacial score (nSPS) is 18.2. The Hall–Kier alpha value is -1.37. The molecule has 0 atom stereocenters. The second kappa shape index (κ2) is 8.65. The van der Waals surface area contributed by atoms with Crippen molar-refractivity contribution in [2.45, 2.75) is 25.4 Å². The van der Waals surface area contributed by atoms with Crippen molar-refractivity contribution in [3.63, 3.8) is 0 Å². The van der Waals surface area contributed by atoms with Gasteiger partial charge in [0.25, 0.3) is 0 Å². The molecule has 1 heterocycles. The van der Waals surface area contributed by atoms with Gasteiger partial charge in [0, 0.05) is 44.3 Å². The molecule has 3 rings (SSSR count). The van der Waals surface area contributed by atoms with Crippen LogP contribution in [0.3, 0.4) is 0 Å². The number of methoxy groups -OCH3 is 1. The largest absolute Gasteiger partial charge is 0.496 e. The number of para-hydroxylation sites is 1. The molecule has 1 aliphatic heterocycles. The van der Waals surface area contributed by atoms with Crippen molar-refractivity contribution in [1.29, 1.82) is 0 Å². The third kappa shape index (κ3) is 5.06. The van der Waals surface area contributed by atoms with E-state index >= 15 is 0 Å². The average molecular weight is 350 g/mol. The van der Waals surface area contributed by atoms with Crippen LogP contribution in [0.15, 0.2) is 24.3 Å². The first kappa shape index (κ1) is 17.5. The fraction of sp³-hybridized carbons (Fsp3) is 0.611. The number of hydrogen-bond acceptors (Lipinski definition) is 4. The van der Waals surface area contributed by atoms with Gasteiger partial charge in [0.15, 0.2) is 5.11 Å². The number of benzene rings is 1. The van der Waals surface area contributed by atoms with Crippen molar-refractivity contribution < 1.29 is 9.47 Å². The van der Waals surface area contributed by atoms with Crippen LogP contribution in [0.1, 0.15) is 18.4 Å². The van der Waals surface area contributed by atoms with E-state index in [-0.39, 0.29) is 0 Å².